The second kappa shape index (κ2) is 16.6. The number of carbonyl (C=O) groups excluding carboxylic acids is 3. The Labute approximate surface area is 257 Å². The Morgan fingerprint density at radius 1 is 0.911 bits per heavy atom. The monoisotopic (exact) mass is 631 g/mol. The minimum Gasteiger partial charge on any atom is -0.475 e. The standard InChI is InChI=1S/C28H35N7O3.C2HF3O2/c1-18(29)27(38)35(23-11-4-3-5-12-23)19(2)25(36)34-24(13-8-16-32-28(30)31)26(37)33-22-15-14-20-9-6-7-10-21(20)17-22;3-2(4,5)1(6)7/h3-7,9-12,14-15,17-19,24H,8,13,16,29H2,1-2H3,(H,33,37)(H,34,36)(H4,30,31,32);(H,6,7)/t18?,19?,24-;/m1./s1. The van der Waals surface area contributed by atoms with E-state index in [2.05, 4.69) is 15.6 Å². The van der Waals surface area contributed by atoms with E-state index in [0.717, 1.165) is 10.8 Å². The largest absolute Gasteiger partial charge is 0.490 e. The Bertz CT molecular complexity index is 1500. The summed E-state index contributed by atoms with van der Waals surface area (Å²) in [5, 5.41) is 14.8. The minimum atomic E-state index is -5.08. The second-order valence-corrected chi connectivity index (χ2v) is 9.87. The zero-order valence-electron chi connectivity index (χ0n) is 24.6. The number of carboxylic acids is 1. The number of hydrogen-bond donors (Lipinski definition) is 6. The van der Waals surface area contributed by atoms with Gasteiger partial charge in [0.15, 0.2) is 5.96 Å². The van der Waals surface area contributed by atoms with E-state index in [1.165, 1.54) is 4.90 Å². The number of hydrogen-bond acceptors (Lipinski definition) is 6. The highest BCUT2D eigenvalue weighted by Crippen LogP contribution is 2.21. The summed E-state index contributed by atoms with van der Waals surface area (Å²) < 4.78 is 31.7. The van der Waals surface area contributed by atoms with Crippen molar-refractivity contribution in [2.45, 2.75) is 51.0 Å². The minimum absolute atomic E-state index is 0.0484. The number of guanidine groups is 1. The van der Waals surface area contributed by atoms with E-state index in [-0.39, 0.29) is 12.4 Å². The van der Waals surface area contributed by atoms with Crippen molar-refractivity contribution in [3.8, 4) is 0 Å². The van der Waals surface area contributed by atoms with Crippen LogP contribution in [-0.2, 0) is 19.2 Å². The number of nitrogens with two attached hydrogens (primary N) is 3. The highest BCUT2D eigenvalue weighted by atomic mass is 19.4. The lowest BCUT2D eigenvalue weighted by Crippen LogP contribution is -2.55. The molecule has 0 aliphatic heterocycles. The molecule has 45 heavy (non-hydrogen) atoms. The number of carboxylic acid groups (broad SMARTS) is 1. The fraction of sp³-hybridized carbons (Fsp3) is 0.300. The van der Waals surface area contributed by atoms with Crippen LogP contribution in [0.3, 0.4) is 0 Å². The number of nitrogens with one attached hydrogen (secondary N) is 2. The average Bonchev–Trinajstić information content (AvgIpc) is 2.98. The van der Waals surface area contributed by atoms with Crippen LogP contribution in [0.4, 0.5) is 24.5 Å². The molecule has 9 N–H and O–H groups in total. The molecule has 3 aromatic rings. The second-order valence-electron chi connectivity index (χ2n) is 9.87. The first kappa shape index (κ1) is 36.0. The maximum absolute atomic E-state index is 13.4. The van der Waals surface area contributed by atoms with E-state index in [4.69, 9.17) is 27.1 Å². The Hall–Kier alpha value is -5.18. The number of para-hydroxylation sites is 1. The van der Waals surface area contributed by atoms with Gasteiger partial charge >= 0.3 is 12.1 Å². The molecule has 3 atom stereocenters. The van der Waals surface area contributed by atoms with Gasteiger partial charge in [-0.15, -0.1) is 0 Å². The molecule has 0 spiro atoms. The van der Waals surface area contributed by atoms with E-state index in [1.54, 1.807) is 44.2 Å². The van der Waals surface area contributed by atoms with E-state index < -0.39 is 48.0 Å². The molecule has 3 aromatic carbocycles. The fourth-order valence-corrected chi connectivity index (χ4v) is 4.03. The highest BCUT2D eigenvalue weighted by molar-refractivity contribution is 6.04. The summed E-state index contributed by atoms with van der Waals surface area (Å²) >= 11 is 0. The Morgan fingerprint density at radius 3 is 2.04 bits per heavy atom. The number of rotatable bonds is 11. The quantitative estimate of drug-likeness (QED) is 0.105. The lowest BCUT2D eigenvalue weighted by molar-refractivity contribution is -0.192. The zero-order chi connectivity index (χ0) is 33.7. The predicted octanol–water partition coefficient (Wildman–Crippen LogP) is 2.72. The number of carbonyl (C=O) groups is 4. The molecule has 0 fully saturated rings. The molecule has 0 bridgehead atoms. The molecular formula is C30H36F3N7O5. The van der Waals surface area contributed by atoms with E-state index in [1.807, 2.05) is 42.5 Å². The topological polar surface area (TPSA) is 206 Å². The molecule has 12 nitrogen and oxygen atoms in total. The number of anilines is 2. The third-order valence-corrected chi connectivity index (χ3v) is 6.27. The van der Waals surface area contributed by atoms with Gasteiger partial charge in [0.25, 0.3) is 0 Å². The van der Waals surface area contributed by atoms with Crippen molar-refractivity contribution in [3.05, 3.63) is 72.8 Å². The lowest BCUT2D eigenvalue weighted by atomic mass is 10.1. The summed E-state index contributed by atoms with van der Waals surface area (Å²) in [5.41, 5.74) is 17.8. The van der Waals surface area contributed by atoms with Gasteiger partial charge in [-0.2, -0.15) is 13.2 Å². The summed E-state index contributed by atoms with van der Waals surface area (Å²) in [4.78, 5) is 53.8. The van der Waals surface area contributed by atoms with Crippen LogP contribution in [0.25, 0.3) is 10.8 Å². The van der Waals surface area contributed by atoms with Crippen LogP contribution >= 0.6 is 0 Å². The number of nitrogens with zero attached hydrogens (tertiary/aromatic N) is 2. The molecule has 0 aromatic heterocycles. The van der Waals surface area contributed by atoms with Crippen molar-refractivity contribution >= 4 is 51.8 Å². The van der Waals surface area contributed by atoms with E-state index >= 15 is 0 Å². The van der Waals surface area contributed by atoms with Crippen molar-refractivity contribution < 1.29 is 37.5 Å². The maximum atomic E-state index is 13.4. The van der Waals surface area contributed by atoms with Crippen molar-refractivity contribution in [2.24, 2.45) is 22.2 Å². The Kier molecular flexibility index (Phi) is 13.3. The van der Waals surface area contributed by atoms with Crippen LogP contribution in [0, 0.1) is 0 Å². The summed E-state index contributed by atoms with van der Waals surface area (Å²) in [6.45, 7) is 3.46. The smallest absolute Gasteiger partial charge is 0.475 e. The number of alkyl halides is 3. The van der Waals surface area contributed by atoms with Crippen LogP contribution in [0.15, 0.2) is 77.8 Å². The molecule has 242 valence electrons. The first-order chi connectivity index (χ1) is 21.1. The van der Waals surface area contributed by atoms with Gasteiger partial charge < -0.3 is 32.9 Å². The van der Waals surface area contributed by atoms with Crippen LogP contribution in [0.5, 0.6) is 0 Å². The highest BCUT2D eigenvalue weighted by Gasteiger charge is 2.38. The fourth-order valence-electron chi connectivity index (χ4n) is 4.03. The van der Waals surface area contributed by atoms with Gasteiger partial charge in [-0.25, -0.2) is 4.79 Å². The zero-order valence-corrected chi connectivity index (χ0v) is 24.6. The van der Waals surface area contributed by atoms with Crippen LogP contribution < -0.4 is 32.7 Å². The number of aliphatic imine (C=N–C) groups is 1. The first-order valence-corrected chi connectivity index (χ1v) is 13.7. The van der Waals surface area contributed by atoms with Crippen molar-refractivity contribution in [1.29, 1.82) is 0 Å². The van der Waals surface area contributed by atoms with Gasteiger partial charge in [-0.3, -0.25) is 24.3 Å². The maximum Gasteiger partial charge on any atom is 0.490 e. The van der Waals surface area contributed by atoms with Gasteiger partial charge in [0, 0.05) is 17.9 Å². The third kappa shape index (κ3) is 11.4. The normalized spacial score (nSPS) is 12.8. The molecule has 0 heterocycles. The van der Waals surface area contributed by atoms with Crippen LogP contribution in [0.2, 0.25) is 0 Å². The lowest BCUT2D eigenvalue weighted by Gasteiger charge is -2.31. The third-order valence-electron chi connectivity index (χ3n) is 6.27. The van der Waals surface area contributed by atoms with Gasteiger partial charge in [0.2, 0.25) is 17.7 Å². The van der Waals surface area contributed by atoms with E-state index in [0.29, 0.717) is 24.3 Å². The SMILES string of the molecule is CC(N)C(=O)N(c1ccccc1)C(C)C(=O)N[C@H](CCCN=C(N)N)C(=O)Nc1ccc2ccccc2c1.O=C(O)C(F)(F)F. The molecule has 0 aliphatic carbocycles. The van der Waals surface area contributed by atoms with Crippen molar-refractivity contribution in [3.63, 3.8) is 0 Å². The van der Waals surface area contributed by atoms with Gasteiger partial charge in [0.05, 0.1) is 6.04 Å². The van der Waals surface area contributed by atoms with Gasteiger partial charge in [-0.05, 0) is 61.7 Å². The average molecular weight is 632 g/mol. The molecule has 3 amide bonds. The number of benzene rings is 3. The summed E-state index contributed by atoms with van der Waals surface area (Å²) in [5.74, 6) is -4.11. The van der Waals surface area contributed by atoms with Gasteiger partial charge in [0.1, 0.15) is 12.1 Å². The molecular weight excluding hydrogens is 595 g/mol. The molecule has 0 radical (unpaired) electrons. The Morgan fingerprint density at radius 2 is 1.49 bits per heavy atom. The summed E-state index contributed by atoms with van der Waals surface area (Å²) in [6, 6.07) is 19.5. The predicted molar refractivity (Wildman–Crippen MR) is 165 cm³/mol. The first-order valence-electron chi connectivity index (χ1n) is 13.7. The molecule has 0 saturated heterocycles. The van der Waals surface area contributed by atoms with Gasteiger partial charge in [-0.1, -0.05) is 48.5 Å². The van der Waals surface area contributed by atoms with Crippen molar-refractivity contribution in [2.75, 3.05) is 16.8 Å². The molecule has 15 heteroatoms. The summed E-state index contributed by atoms with van der Waals surface area (Å²) in [6.07, 6.45) is -4.36. The Balaban J connectivity index is 0.000000900. The number of aliphatic carboxylic acids is 1. The molecule has 0 saturated carbocycles. The van der Waals surface area contributed by atoms with Crippen LogP contribution in [0.1, 0.15) is 26.7 Å². The summed E-state index contributed by atoms with van der Waals surface area (Å²) in [7, 11) is 0. The van der Waals surface area contributed by atoms with E-state index in [9.17, 15) is 27.6 Å². The number of fused-ring (bicyclic) bond motifs is 1. The molecule has 0 aliphatic rings. The molecule has 2 unspecified atom stereocenters. The number of halogens is 3. The number of amides is 3. The molecule has 3 rings (SSSR count). The van der Waals surface area contributed by atoms with Crippen LogP contribution in [-0.4, -0.2) is 65.6 Å². The van der Waals surface area contributed by atoms with Crippen molar-refractivity contribution in [1.82, 2.24) is 5.32 Å².